The molecule has 0 atom stereocenters. The number of aromatic nitrogens is 4. The molecular formula is C19H19N5O. The van der Waals surface area contributed by atoms with Gasteiger partial charge in [-0.25, -0.2) is 4.68 Å². The Bertz CT molecular complexity index is 867. The standard InChI is InChI=1S/C19H19N5O/c1-2-3-4-11-25-19-6-5-17(12-16(19)13-20)24-14-18(22-23-24)15-7-9-21-10-8-15/h5-10,12,14H,2-4,11H2,1H3. The highest BCUT2D eigenvalue weighted by Gasteiger charge is 2.09. The Kier molecular flexibility index (Phi) is 5.37. The molecule has 2 heterocycles. The van der Waals surface area contributed by atoms with Crippen LogP contribution in [0.5, 0.6) is 5.75 Å². The smallest absolute Gasteiger partial charge is 0.137 e. The molecule has 3 aromatic rings. The van der Waals surface area contributed by atoms with Crippen LogP contribution in [0, 0.1) is 11.3 Å². The Balaban J connectivity index is 1.79. The molecule has 1 aromatic carbocycles. The van der Waals surface area contributed by atoms with Gasteiger partial charge in [0.1, 0.15) is 17.5 Å². The number of nitrogens with zero attached hydrogens (tertiary/aromatic N) is 5. The van der Waals surface area contributed by atoms with Gasteiger partial charge in [-0.15, -0.1) is 5.10 Å². The molecule has 2 aromatic heterocycles. The van der Waals surface area contributed by atoms with E-state index in [-0.39, 0.29) is 0 Å². The van der Waals surface area contributed by atoms with Gasteiger partial charge >= 0.3 is 0 Å². The minimum atomic E-state index is 0.495. The van der Waals surface area contributed by atoms with Crippen molar-refractivity contribution in [2.24, 2.45) is 0 Å². The summed E-state index contributed by atoms with van der Waals surface area (Å²) in [5, 5.41) is 17.7. The van der Waals surface area contributed by atoms with Crippen molar-refractivity contribution in [1.29, 1.82) is 5.26 Å². The first-order valence-corrected chi connectivity index (χ1v) is 8.32. The molecule has 0 radical (unpaired) electrons. The maximum absolute atomic E-state index is 9.39. The number of hydrogen-bond acceptors (Lipinski definition) is 5. The van der Waals surface area contributed by atoms with E-state index in [0.29, 0.717) is 17.9 Å². The largest absolute Gasteiger partial charge is 0.492 e. The highest BCUT2D eigenvalue weighted by atomic mass is 16.5. The summed E-state index contributed by atoms with van der Waals surface area (Å²) >= 11 is 0. The molecule has 3 rings (SSSR count). The highest BCUT2D eigenvalue weighted by molar-refractivity contribution is 5.57. The second-order valence-corrected chi connectivity index (χ2v) is 5.63. The molecule has 0 fully saturated rings. The Labute approximate surface area is 146 Å². The van der Waals surface area contributed by atoms with Gasteiger partial charge in [0.15, 0.2) is 0 Å². The normalized spacial score (nSPS) is 10.4. The lowest BCUT2D eigenvalue weighted by Gasteiger charge is -2.09. The van der Waals surface area contributed by atoms with Gasteiger partial charge in [-0.3, -0.25) is 4.98 Å². The van der Waals surface area contributed by atoms with Crippen LogP contribution in [0.2, 0.25) is 0 Å². The quantitative estimate of drug-likeness (QED) is 0.615. The zero-order valence-corrected chi connectivity index (χ0v) is 14.1. The van der Waals surface area contributed by atoms with Crippen molar-refractivity contribution in [2.75, 3.05) is 6.61 Å². The number of benzene rings is 1. The van der Waals surface area contributed by atoms with Crippen molar-refractivity contribution in [1.82, 2.24) is 20.0 Å². The fourth-order valence-electron chi connectivity index (χ4n) is 2.45. The first kappa shape index (κ1) is 16.7. The van der Waals surface area contributed by atoms with Crippen molar-refractivity contribution >= 4 is 0 Å². The average Bonchev–Trinajstić information content (AvgIpc) is 3.16. The van der Waals surface area contributed by atoms with Gasteiger partial charge in [0.05, 0.1) is 24.1 Å². The summed E-state index contributed by atoms with van der Waals surface area (Å²) in [5.74, 6) is 0.608. The van der Waals surface area contributed by atoms with Gasteiger partial charge in [-0.1, -0.05) is 25.0 Å². The molecule has 0 spiro atoms. The third-order valence-electron chi connectivity index (χ3n) is 3.82. The fourth-order valence-corrected chi connectivity index (χ4v) is 2.45. The lowest BCUT2D eigenvalue weighted by molar-refractivity contribution is 0.305. The Morgan fingerprint density at radius 3 is 2.76 bits per heavy atom. The van der Waals surface area contributed by atoms with Gasteiger partial charge in [0.25, 0.3) is 0 Å². The second kappa shape index (κ2) is 8.06. The van der Waals surface area contributed by atoms with Gasteiger partial charge in [0.2, 0.25) is 0 Å². The summed E-state index contributed by atoms with van der Waals surface area (Å²) in [4.78, 5) is 4.00. The fraction of sp³-hybridized carbons (Fsp3) is 0.263. The molecule has 0 aliphatic rings. The lowest BCUT2D eigenvalue weighted by Crippen LogP contribution is -2.01. The molecule has 126 valence electrons. The first-order valence-electron chi connectivity index (χ1n) is 8.32. The minimum Gasteiger partial charge on any atom is -0.492 e. The van der Waals surface area contributed by atoms with Crippen LogP contribution in [-0.4, -0.2) is 26.6 Å². The predicted octanol–water partition coefficient (Wildman–Crippen LogP) is 3.77. The number of ether oxygens (including phenoxy) is 1. The third kappa shape index (κ3) is 4.01. The molecule has 0 N–H and O–H groups in total. The topological polar surface area (TPSA) is 76.6 Å². The van der Waals surface area contributed by atoms with Crippen molar-refractivity contribution in [3.05, 3.63) is 54.5 Å². The van der Waals surface area contributed by atoms with E-state index in [2.05, 4.69) is 28.3 Å². The lowest BCUT2D eigenvalue weighted by atomic mass is 10.2. The van der Waals surface area contributed by atoms with Gasteiger partial charge < -0.3 is 4.74 Å². The molecule has 0 saturated heterocycles. The SMILES string of the molecule is CCCCCOc1ccc(-n2cc(-c3ccncc3)nn2)cc1C#N. The van der Waals surface area contributed by atoms with Crippen molar-refractivity contribution in [3.63, 3.8) is 0 Å². The zero-order chi connectivity index (χ0) is 17.5. The molecule has 6 nitrogen and oxygen atoms in total. The number of hydrogen-bond donors (Lipinski definition) is 0. The number of unbranched alkanes of at least 4 members (excludes halogenated alkanes) is 2. The van der Waals surface area contributed by atoms with E-state index in [0.717, 1.165) is 36.2 Å². The molecule has 0 saturated carbocycles. The second-order valence-electron chi connectivity index (χ2n) is 5.63. The highest BCUT2D eigenvalue weighted by Crippen LogP contribution is 2.23. The van der Waals surface area contributed by atoms with E-state index in [1.807, 2.05) is 30.5 Å². The molecule has 0 aliphatic heterocycles. The first-order chi connectivity index (χ1) is 12.3. The van der Waals surface area contributed by atoms with Gasteiger partial charge in [-0.2, -0.15) is 5.26 Å². The van der Waals surface area contributed by atoms with E-state index in [4.69, 9.17) is 4.74 Å². The van der Waals surface area contributed by atoms with Gasteiger partial charge in [0, 0.05) is 18.0 Å². The summed E-state index contributed by atoms with van der Waals surface area (Å²) in [6.07, 6.45) is 8.50. The van der Waals surface area contributed by atoms with E-state index in [1.165, 1.54) is 0 Å². The van der Waals surface area contributed by atoms with E-state index in [9.17, 15) is 5.26 Å². The number of pyridine rings is 1. The van der Waals surface area contributed by atoms with E-state index in [1.54, 1.807) is 23.1 Å². The van der Waals surface area contributed by atoms with Crippen LogP contribution >= 0.6 is 0 Å². The summed E-state index contributed by atoms with van der Waals surface area (Å²) in [6, 6.07) is 11.4. The van der Waals surface area contributed by atoms with Crippen LogP contribution in [0.4, 0.5) is 0 Å². The molecule has 0 bridgehead atoms. The van der Waals surface area contributed by atoms with Crippen LogP contribution in [0.1, 0.15) is 31.7 Å². The van der Waals surface area contributed by atoms with Crippen molar-refractivity contribution in [3.8, 4) is 28.8 Å². The van der Waals surface area contributed by atoms with E-state index >= 15 is 0 Å². The third-order valence-corrected chi connectivity index (χ3v) is 3.82. The minimum absolute atomic E-state index is 0.495. The Hall–Kier alpha value is -3.20. The maximum atomic E-state index is 9.39. The average molecular weight is 333 g/mol. The van der Waals surface area contributed by atoms with Crippen LogP contribution in [-0.2, 0) is 0 Å². The molecule has 0 aliphatic carbocycles. The molecular weight excluding hydrogens is 314 g/mol. The Morgan fingerprint density at radius 2 is 2.00 bits per heavy atom. The summed E-state index contributed by atoms with van der Waals surface area (Å²) in [6.45, 7) is 2.77. The zero-order valence-electron chi connectivity index (χ0n) is 14.1. The van der Waals surface area contributed by atoms with Crippen molar-refractivity contribution < 1.29 is 4.74 Å². The van der Waals surface area contributed by atoms with Crippen LogP contribution in [0.15, 0.2) is 48.9 Å². The number of nitriles is 1. The molecule has 0 amide bonds. The summed E-state index contributed by atoms with van der Waals surface area (Å²) in [7, 11) is 0. The summed E-state index contributed by atoms with van der Waals surface area (Å²) < 4.78 is 7.37. The van der Waals surface area contributed by atoms with Crippen molar-refractivity contribution in [2.45, 2.75) is 26.2 Å². The predicted molar refractivity (Wildman–Crippen MR) is 94.3 cm³/mol. The monoisotopic (exact) mass is 333 g/mol. The van der Waals surface area contributed by atoms with Crippen LogP contribution < -0.4 is 4.74 Å². The molecule has 0 unspecified atom stereocenters. The maximum Gasteiger partial charge on any atom is 0.137 e. The molecule has 6 heteroatoms. The summed E-state index contributed by atoms with van der Waals surface area (Å²) in [5.41, 5.74) is 2.96. The Morgan fingerprint density at radius 1 is 1.16 bits per heavy atom. The van der Waals surface area contributed by atoms with Crippen LogP contribution in [0.25, 0.3) is 16.9 Å². The molecule has 25 heavy (non-hydrogen) atoms. The number of rotatable bonds is 7. The van der Waals surface area contributed by atoms with E-state index < -0.39 is 0 Å². The van der Waals surface area contributed by atoms with Crippen LogP contribution in [0.3, 0.4) is 0 Å². The van der Waals surface area contributed by atoms with Gasteiger partial charge in [-0.05, 0) is 36.8 Å².